The fourth-order valence-electron chi connectivity index (χ4n) is 3.53. The number of nitrogens with zero attached hydrogens (tertiary/aromatic N) is 3. The zero-order valence-corrected chi connectivity index (χ0v) is 17.7. The van der Waals surface area contributed by atoms with Crippen molar-refractivity contribution in [2.45, 2.75) is 19.0 Å². The molecule has 2 aromatic carbocycles. The number of Topliss-reactive ketones (excluding diaryl/α,β-unsaturated/α-hetero) is 1. The number of benzene rings is 2. The van der Waals surface area contributed by atoms with Gasteiger partial charge in [-0.05, 0) is 35.4 Å². The number of hydrogen-bond donors (Lipinski definition) is 1. The van der Waals surface area contributed by atoms with Gasteiger partial charge in [-0.2, -0.15) is 4.99 Å². The molecule has 2 heterocycles. The maximum atomic E-state index is 11.8. The van der Waals surface area contributed by atoms with Crippen LogP contribution in [0.4, 0.5) is 0 Å². The molecule has 7 heteroatoms. The van der Waals surface area contributed by atoms with Crippen LogP contribution in [0.25, 0.3) is 0 Å². The Balaban J connectivity index is 1.35. The van der Waals surface area contributed by atoms with E-state index in [2.05, 4.69) is 38.9 Å². The normalized spacial score (nSPS) is 17.5. The van der Waals surface area contributed by atoms with Gasteiger partial charge in [-0.25, -0.2) is 4.99 Å². The van der Waals surface area contributed by atoms with Gasteiger partial charge in [0.25, 0.3) is 5.78 Å². The lowest BCUT2D eigenvalue weighted by Gasteiger charge is -2.26. The van der Waals surface area contributed by atoms with Crippen molar-refractivity contribution in [2.75, 3.05) is 26.3 Å². The Labute approximate surface area is 187 Å². The fraction of sp³-hybridized carbons (Fsp3) is 0.280. The smallest absolute Gasteiger partial charge is 0.320 e. The van der Waals surface area contributed by atoms with E-state index in [0.29, 0.717) is 0 Å². The summed E-state index contributed by atoms with van der Waals surface area (Å²) in [4.78, 5) is 32.8. The van der Waals surface area contributed by atoms with Gasteiger partial charge in [0.1, 0.15) is 6.34 Å². The Kier molecular flexibility index (Phi) is 6.97. The van der Waals surface area contributed by atoms with Crippen LogP contribution in [0.2, 0.25) is 0 Å². The molecule has 0 spiro atoms. The van der Waals surface area contributed by atoms with Crippen molar-refractivity contribution < 1.29 is 14.3 Å². The molecule has 0 bridgehead atoms. The number of aliphatic imine (C=N–C) groups is 2. The molecule has 1 amide bonds. The Morgan fingerprint density at radius 1 is 0.969 bits per heavy atom. The number of amides is 1. The molecule has 32 heavy (non-hydrogen) atoms. The van der Waals surface area contributed by atoms with E-state index in [9.17, 15) is 9.59 Å². The van der Waals surface area contributed by atoms with Crippen molar-refractivity contribution in [1.29, 1.82) is 0 Å². The van der Waals surface area contributed by atoms with E-state index in [0.717, 1.165) is 55.9 Å². The first kappa shape index (κ1) is 21.8. The van der Waals surface area contributed by atoms with Crippen molar-refractivity contribution in [2.24, 2.45) is 15.7 Å². The minimum atomic E-state index is -0.804. The first-order valence-electron chi connectivity index (χ1n) is 10.5. The van der Waals surface area contributed by atoms with Crippen LogP contribution in [0.1, 0.15) is 34.7 Å². The monoisotopic (exact) mass is 428 g/mol. The molecular formula is C25H24N4O3. The number of morpholine rings is 1. The number of ketones is 1. The highest BCUT2D eigenvalue weighted by Crippen LogP contribution is 2.17. The summed E-state index contributed by atoms with van der Waals surface area (Å²) in [6, 6.07) is 15.4. The van der Waals surface area contributed by atoms with Crippen LogP contribution >= 0.6 is 0 Å². The maximum Gasteiger partial charge on any atom is 0.320 e. The van der Waals surface area contributed by atoms with E-state index in [1.165, 1.54) is 5.56 Å². The molecule has 0 aliphatic carbocycles. The second-order valence-electron chi connectivity index (χ2n) is 7.72. The summed E-state index contributed by atoms with van der Waals surface area (Å²) in [5.41, 5.74) is 10.3. The Bertz CT molecular complexity index is 1100. The molecule has 0 saturated carbocycles. The van der Waals surface area contributed by atoms with E-state index in [1.54, 1.807) is 0 Å². The van der Waals surface area contributed by atoms with Gasteiger partial charge in [-0.1, -0.05) is 36.1 Å². The summed E-state index contributed by atoms with van der Waals surface area (Å²) in [7, 11) is 0. The number of ether oxygens (including phenoxy) is 1. The SMILES string of the molecule is NC(CC1=NC=NC(=O)C1=O)c1ccc(C#Cc2ccc(CN3CCOCC3)cc2)cc1. The number of rotatable bonds is 5. The molecule has 1 atom stereocenters. The number of carbonyl (C=O) groups is 2. The van der Waals surface area contributed by atoms with Gasteiger partial charge in [0.2, 0.25) is 0 Å². The van der Waals surface area contributed by atoms with Crippen molar-refractivity contribution >= 4 is 23.7 Å². The Morgan fingerprint density at radius 3 is 2.25 bits per heavy atom. The summed E-state index contributed by atoms with van der Waals surface area (Å²) in [5.74, 6) is 4.85. The lowest BCUT2D eigenvalue weighted by Crippen LogP contribution is -2.35. The van der Waals surface area contributed by atoms with E-state index < -0.39 is 17.7 Å². The number of carbonyl (C=O) groups excluding carboxylic acids is 2. The van der Waals surface area contributed by atoms with E-state index in [4.69, 9.17) is 10.5 Å². The molecule has 0 aromatic heterocycles. The Hall–Kier alpha value is -3.44. The lowest BCUT2D eigenvalue weighted by atomic mass is 9.98. The van der Waals surface area contributed by atoms with Crippen LogP contribution in [0.5, 0.6) is 0 Å². The molecule has 1 fully saturated rings. The molecule has 2 N–H and O–H groups in total. The second kappa shape index (κ2) is 10.2. The van der Waals surface area contributed by atoms with Gasteiger partial charge in [0.15, 0.2) is 0 Å². The summed E-state index contributed by atoms with van der Waals surface area (Å²) in [6.07, 6.45) is 1.28. The van der Waals surface area contributed by atoms with Crippen LogP contribution in [0, 0.1) is 11.8 Å². The highest BCUT2D eigenvalue weighted by Gasteiger charge is 2.24. The average molecular weight is 428 g/mol. The topological polar surface area (TPSA) is 97.3 Å². The highest BCUT2D eigenvalue weighted by molar-refractivity contribution is 6.66. The third kappa shape index (κ3) is 5.62. The van der Waals surface area contributed by atoms with Gasteiger partial charge in [0, 0.05) is 43.2 Å². The summed E-state index contributed by atoms with van der Waals surface area (Å²) >= 11 is 0. The van der Waals surface area contributed by atoms with Crippen LogP contribution < -0.4 is 5.73 Å². The summed E-state index contributed by atoms with van der Waals surface area (Å²) < 4.78 is 5.39. The minimum Gasteiger partial charge on any atom is -0.379 e. The predicted molar refractivity (Wildman–Crippen MR) is 122 cm³/mol. The zero-order valence-electron chi connectivity index (χ0n) is 17.7. The average Bonchev–Trinajstić information content (AvgIpc) is 2.82. The largest absolute Gasteiger partial charge is 0.379 e. The number of nitrogens with two attached hydrogens (primary N) is 1. The first-order valence-corrected chi connectivity index (χ1v) is 10.5. The highest BCUT2D eigenvalue weighted by atomic mass is 16.5. The van der Waals surface area contributed by atoms with Gasteiger partial charge < -0.3 is 10.5 Å². The molecule has 1 saturated heterocycles. The summed E-state index contributed by atoms with van der Waals surface area (Å²) in [5, 5.41) is 0. The molecule has 1 unspecified atom stereocenters. The third-order valence-electron chi connectivity index (χ3n) is 5.41. The van der Waals surface area contributed by atoms with Crippen molar-refractivity contribution in [3.8, 4) is 11.8 Å². The quantitative estimate of drug-likeness (QED) is 0.579. The van der Waals surface area contributed by atoms with Crippen LogP contribution in [-0.2, 0) is 20.9 Å². The van der Waals surface area contributed by atoms with Crippen molar-refractivity contribution in [3.63, 3.8) is 0 Å². The molecule has 2 aliphatic rings. The van der Waals surface area contributed by atoms with E-state index in [1.807, 2.05) is 36.4 Å². The minimum absolute atomic E-state index is 0.137. The van der Waals surface area contributed by atoms with Gasteiger partial charge in [0.05, 0.1) is 18.9 Å². The third-order valence-corrected chi connectivity index (χ3v) is 5.41. The van der Waals surface area contributed by atoms with Crippen LogP contribution in [0.15, 0.2) is 58.5 Å². The van der Waals surface area contributed by atoms with E-state index >= 15 is 0 Å². The molecular weight excluding hydrogens is 404 g/mol. The summed E-state index contributed by atoms with van der Waals surface area (Å²) in [6.45, 7) is 4.47. The first-order chi connectivity index (χ1) is 15.6. The fourth-order valence-corrected chi connectivity index (χ4v) is 3.53. The van der Waals surface area contributed by atoms with Crippen LogP contribution in [0.3, 0.4) is 0 Å². The molecule has 2 aliphatic heterocycles. The van der Waals surface area contributed by atoms with E-state index in [-0.39, 0.29) is 12.1 Å². The molecule has 4 rings (SSSR count). The molecule has 2 aromatic rings. The van der Waals surface area contributed by atoms with Gasteiger partial charge >= 0.3 is 5.91 Å². The predicted octanol–water partition coefficient (Wildman–Crippen LogP) is 1.89. The van der Waals surface area contributed by atoms with Gasteiger partial charge in [-0.3, -0.25) is 14.5 Å². The second-order valence-corrected chi connectivity index (χ2v) is 7.72. The van der Waals surface area contributed by atoms with Crippen molar-refractivity contribution in [3.05, 3.63) is 70.8 Å². The Morgan fingerprint density at radius 2 is 1.59 bits per heavy atom. The van der Waals surface area contributed by atoms with Crippen LogP contribution in [-0.4, -0.2) is 54.9 Å². The lowest BCUT2D eigenvalue weighted by molar-refractivity contribution is -0.132. The standard InChI is InChI=1S/C25H24N4O3/c26-22(15-23-24(30)25(31)28-17-27-23)21-9-7-19(8-10-21)2-1-18-3-5-20(6-4-18)16-29-11-13-32-14-12-29/h3-10,17,22H,11-16,26H2. The van der Waals surface area contributed by atoms with Crippen molar-refractivity contribution in [1.82, 2.24) is 4.90 Å². The zero-order chi connectivity index (χ0) is 22.3. The maximum absolute atomic E-state index is 11.8. The molecule has 162 valence electrons. The molecule has 7 nitrogen and oxygen atoms in total. The van der Waals surface area contributed by atoms with Gasteiger partial charge in [-0.15, -0.1) is 0 Å². The molecule has 0 radical (unpaired) electrons. The number of hydrogen-bond acceptors (Lipinski definition) is 6.